The summed E-state index contributed by atoms with van der Waals surface area (Å²) in [6.45, 7) is 15.4. The van der Waals surface area contributed by atoms with Gasteiger partial charge in [-0.25, -0.2) is 0 Å². The van der Waals surface area contributed by atoms with E-state index in [1.807, 2.05) is 42.5 Å². The lowest BCUT2D eigenvalue weighted by molar-refractivity contribution is 0.382. The van der Waals surface area contributed by atoms with Crippen molar-refractivity contribution in [1.82, 2.24) is 10.1 Å². The average molecular weight is 527 g/mol. The molecule has 0 saturated carbocycles. The summed E-state index contributed by atoms with van der Waals surface area (Å²) < 4.78 is 17.8. The van der Waals surface area contributed by atoms with E-state index in [4.69, 9.17) is 31.6 Å². The number of anilines is 1. The number of aryl methyl sites for hydroxylation is 1. The maximum Gasteiger partial charge on any atom is 0.258 e. The molecular weight excluding hydrogens is 488 g/mol. The van der Waals surface area contributed by atoms with E-state index in [1.165, 1.54) is 0 Å². The topological polar surface area (TPSA) is 95.4 Å². The molecule has 0 aliphatic carbocycles. The van der Waals surface area contributed by atoms with Crippen LogP contribution in [0.2, 0.25) is 16.6 Å². The molecule has 0 amide bonds. The first-order valence-electron chi connectivity index (χ1n) is 12.3. The molecule has 3 aromatic rings. The normalized spacial score (nSPS) is 12.8. The van der Waals surface area contributed by atoms with Gasteiger partial charge in [0.05, 0.1) is 7.11 Å². The molecular formula is C27H38N4O3SSi. The predicted octanol–water partition coefficient (Wildman–Crippen LogP) is 7.05. The number of nitrogens with one attached hydrogen (secondary N) is 1. The third kappa shape index (κ3) is 5.73. The fraction of sp³-hybridized carbons (Fsp3) is 0.444. The first kappa shape index (κ1) is 27.7. The highest BCUT2D eigenvalue weighted by Crippen LogP contribution is 2.45. The molecule has 7 nitrogen and oxygen atoms in total. The molecule has 9 heteroatoms. The van der Waals surface area contributed by atoms with Crippen LogP contribution in [0.1, 0.15) is 59.0 Å². The van der Waals surface area contributed by atoms with Crippen LogP contribution >= 0.6 is 12.2 Å². The van der Waals surface area contributed by atoms with Crippen molar-refractivity contribution in [2.75, 3.05) is 12.4 Å². The highest BCUT2D eigenvalue weighted by Gasteiger charge is 2.47. The van der Waals surface area contributed by atoms with E-state index in [0.717, 1.165) is 22.6 Å². The van der Waals surface area contributed by atoms with Crippen LogP contribution in [-0.2, 0) is 0 Å². The molecule has 2 aromatic carbocycles. The second kappa shape index (κ2) is 11.4. The fourth-order valence-electron chi connectivity index (χ4n) is 5.11. The highest BCUT2D eigenvalue weighted by molar-refractivity contribution is 7.80. The van der Waals surface area contributed by atoms with E-state index in [1.54, 1.807) is 14.0 Å². The van der Waals surface area contributed by atoms with E-state index in [0.29, 0.717) is 39.1 Å². The van der Waals surface area contributed by atoms with E-state index in [-0.39, 0.29) is 6.04 Å². The van der Waals surface area contributed by atoms with Crippen molar-refractivity contribution in [3.8, 4) is 22.9 Å². The number of methoxy groups -OCH3 is 1. The smallest absolute Gasteiger partial charge is 0.258 e. The number of hydrogen-bond acceptors (Lipinski definition) is 7. The molecule has 3 N–H and O–H groups in total. The van der Waals surface area contributed by atoms with Gasteiger partial charge in [-0.3, -0.25) is 0 Å². The molecule has 0 aliphatic heterocycles. The Labute approximate surface area is 220 Å². The zero-order valence-electron chi connectivity index (χ0n) is 22.5. The number of ether oxygens (including phenoxy) is 1. The molecule has 1 aromatic heterocycles. The first-order chi connectivity index (χ1) is 17.0. The minimum atomic E-state index is -2.20. The van der Waals surface area contributed by atoms with Crippen molar-refractivity contribution in [2.24, 2.45) is 5.73 Å². The molecule has 3 rings (SSSR count). The lowest BCUT2D eigenvalue weighted by Gasteiger charge is -2.42. The number of hydrogen-bond donors (Lipinski definition) is 2. The van der Waals surface area contributed by atoms with E-state index < -0.39 is 8.32 Å². The summed E-state index contributed by atoms with van der Waals surface area (Å²) >= 11 is 5.46. The van der Waals surface area contributed by atoms with E-state index >= 15 is 0 Å². The second-order valence-electron chi connectivity index (χ2n) is 10.0. The zero-order valence-corrected chi connectivity index (χ0v) is 24.3. The maximum absolute atomic E-state index is 6.98. The van der Waals surface area contributed by atoms with Gasteiger partial charge in [0, 0.05) is 18.2 Å². The number of nitrogens with zero attached hydrogens (tertiary/aromatic N) is 2. The SMILES string of the molecule is COc1ccc(C(Nc2ccc(-c3noc(C)n3)cc2)C(N)=S)cc1O[Si](C(C)C)(C(C)C)C(C)C. The van der Waals surface area contributed by atoms with Crippen LogP contribution in [0, 0.1) is 6.92 Å². The van der Waals surface area contributed by atoms with Gasteiger partial charge in [0.15, 0.2) is 5.75 Å². The number of aromatic nitrogens is 2. The van der Waals surface area contributed by atoms with Crippen molar-refractivity contribution >= 4 is 31.2 Å². The Morgan fingerprint density at radius 2 is 1.58 bits per heavy atom. The summed E-state index contributed by atoms with van der Waals surface area (Å²) in [5.74, 6) is 2.52. The molecule has 0 saturated heterocycles. The minimum absolute atomic E-state index is 0.337. The molecule has 36 heavy (non-hydrogen) atoms. The molecule has 0 aliphatic rings. The molecule has 1 unspecified atom stereocenters. The summed E-state index contributed by atoms with van der Waals surface area (Å²) in [5.41, 5.74) is 10.1. The van der Waals surface area contributed by atoms with Crippen LogP contribution in [0.5, 0.6) is 11.5 Å². The first-order valence-corrected chi connectivity index (χ1v) is 14.9. The molecule has 0 radical (unpaired) electrons. The quantitative estimate of drug-likeness (QED) is 0.203. The predicted molar refractivity (Wildman–Crippen MR) is 152 cm³/mol. The van der Waals surface area contributed by atoms with Crippen molar-refractivity contribution < 1.29 is 13.7 Å². The molecule has 1 heterocycles. The summed E-state index contributed by atoms with van der Waals surface area (Å²) in [5, 5.41) is 7.43. The average Bonchev–Trinajstić information content (AvgIpc) is 3.26. The van der Waals surface area contributed by atoms with Crippen LogP contribution in [0.25, 0.3) is 11.4 Å². The molecule has 0 spiro atoms. The van der Waals surface area contributed by atoms with E-state index in [9.17, 15) is 0 Å². The number of nitrogens with two attached hydrogens (primary N) is 1. The summed E-state index contributed by atoms with van der Waals surface area (Å²) in [6.07, 6.45) is 0. The monoisotopic (exact) mass is 526 g/mol. The van der Waals surface area contributed by atoms with Gasteiger partial charge in [-0.1, -0.05) is 65.0 Å². The van der Waals surface area contributed by atoms with Crippen LogP contribution in [0.15, 0.2) is 47.0 Å². The Hall–Kier alpha value is -2.91. The second-order valence-corrected chi connectivity index (χ2v) is 15.9. The Morgan fingerprint density at radius 3 is 2.06 bits per heavy atom. The van der Waals surface area contributed by atoms with Crippen molar-refractivity contribution in [3.05, 3.63) is 53.9 Å². The standard InChI is InChI=1S/C27H38N4O3SSi/c1-16(2)36(17(3)4,18(5)6)34-24-15-21(11-14-23(24)32-8)25(26(28)35)30-22-12-9-20(10-13-22)27-29-19(7)33-31-27/h9-18,25,30H,1-8H3,(H2,28,35). The van der Waals surface area contributed by atoms with Gasteiger partial charge in [-0.05, 0) is 58.6 Å². The molecule has 0 fully saturated rings. The van der Waals surface area contributed by atoms with Gasteiger partial charge in [0.1, 0.15) is 16.8 Å². The van der Waals surface area contributed by atoms with Crippen LogP contribution in [-0.4, -0.2) is 30.6 Å². The van der Waals surface area contributed by atoms with Gasteiger partial charge in [0.25, 0.3) is 8.32 Å². The van der Waals surface area contributed by atoms with Gasteiger partial charge in [-0.2, -0.15) is 4.98 Å². The molecule has 0 bridgehead atoms. The highest BCUT2D eigenvalue weighted by atomic mass is 32.1. The van der Waals surface area contributed by atoms with E-state index in [2.05, 4.69) is 57.0 Å². The van der Waals surface area contributed by atoms with Crippen molar-refractivity contribution in [1.29, 1.82) is 0 Å². The van der Waals surface area contributed by atoms with Crippen LogP contribution in [0.4, 0.5) is 5.69 Å². The summed E-state index contributed by atoms with van der Waals surface area (Å²) in [6, 6.07) is 13.3. The third-order valence-electron chi connectivity index (χ3n) is 6.78. The van der Waals surface area contributed by atoms with Gasteiger partial charge >= 0.3 is 0 Å². The Balaban J connectivity index is 1.94. The maximum atomic E-state index is 6.98. The zero-order chi connectivity index (χ0) is 26.6. The summed E-state index contributed by atoms with van der Waals surface area (Å²) in [4.78, 5) is 4.62. The third-order valence-corrected chi connectivity index (χ3v) is 13.0. The lowest BCUT2D eigenvalue weighted by atomic mass is 10.1. The van der Waals surface area contributed by atoms with Crippen LogP contribution in [0.3, 0.4) is 0 Å². The van der Waals surface area contributed by atoms with Crippen molar-refractivity contribution in [2.45, 2.75) is 71.1 Å². The number of benzene rings is 2. The molecule has 1 atom stereocenters. The van der Waals surface area contributed by atoms with Gasteiger partial charge in [-0.15, -0.1) is 0 Å². The van der Waals surface area contributed by atoms with Gasteiger partial charge < -0.3 is 24.7 Å². The Bertz CT molecular complexity index is 1160. The lowest BCUT2D eigenvalue weighted by Crippen LogP contribution is -2.50. The summed E-state index contributed by atoms with van der Waals surface area (Å²) in [7, 11) is -0.528. The fourth-order valence-corrected chi connectivity index (χ4v) is 10.6. The Morgan fingerprint density at radius 1 is 0.972 bits per heavy atom. The van der Waals surface area contributed by atoms with Gasteiger partial charge in [0.2, 0.25) is 11.7 Å². The largest absolute Gasteiger partial charge is 0.540 e. The molecule has 194 valence electrons. The van der Waals surface area contributed by atoms with Crippen molar-refractivity contribution in [3.63, 3.8) is 0 Å². The van der Waals surface area contributed by atoms with Crippen LogP contribution < -0.4 is 20.2 Å². The Kier molecular flexibility index (Phi) is 8.79. The number of rotatable bonds is 11. The number of thiocarbonyl (C=S) groups is 1. The minimum Gasteiger partial charge on any atom is -0.540 e.